The first kappa shape index (κ1) is 17.1. The number of nitrogens with zero attached hydrogens (tertiary/aromatic N) is 1. The van der Waals surface area contributed by atoms with Gasteiger partial charge in [0.2, 0.25) is 0 Å². The van der Waals surface area contributed by atoms with Gasteiger partial charge in [-0.25, -0.2) is 8.78 Å². The molecule has 0 bridgehead atoms. The van der Waals surface area contributed by atoms with Crippen molar-refractivity contribution in [3.63, 3.8) is 0 Å². The maximum Gasteiger partial charge on any atom is 0.305 e. The number of hydrogen-bond donors (Lipinski definition) is 2. The van der Waals surface area contributed by atoms with Crippen LogP contribution in [0.5, 0.6) is 0 Å². The second kappa shape index (κ2) is 7.36. The van der Waals surface area contributed by atoms with Crippen molar-refractivity contribution in [3.8, 4) is 0 Å². The van der Waals surface area contributed by atoms with Crippen molar-refractivity contribution in [1.29, 1.82) is 0 Å². The molecule has 2 aromatic rings. The van der Waals surface area contributed by atoms with Gasteiger partial charge in [0.1, 0.15) is 5.69 Å². The van der Waals surface area contributed by atoms with E-state index < -0.39 is 23.5 Å². The number of aromatic nitrogens is 1. The Bertz CT molecular complexity index is 733. The molecule has 1 aromatic heterocycles. The van der Waals surface area contributed by atoms with Crippen molar-refractivity contribution in [3.05, 3.63) is 57.8 Å². The minimum Gasteiger partial charge on any atom is -0.481 e. The molecule has 1 amide bonds. The van der Waals surface area contributed by atoms with E-state index in [4.69, 9.17) is 5.11 Å². The van der Waals surface area contributed by atoms with Crippen molar-refractivity contribution in [2.75, 3.05) is 6.54 Å². The topological polar surface area (TPSA) is 73.4 Å². The largest absolute Gasteiger partial charge is 0.481 e. The van der Waals surface area contributed by atoms with Crippen molar-refractivity contribution < 1.29 is 23.5 Å². The number of aromatic amines is 1. The van der Waals surface area contributed by atoms with Crippen molar-refractivity contribution in [2.24, 2.45) is 0 Å². The van der Waals surface area contributed by atoms with E-state index >= 15 is 0 Å². The fraction of sp³-hybridized carbons (Fsp3) is 0.200. The van der Waals surface area contributed by atoms with E-state index in [1.54, 1.807) is 6.20 Å². The van der Waals surface area contributed by atoms with Crippen LogP contribution in [0.3, 0.4) is 0 Å². The molecule has 2 N–H and O–H groups in total. The molecule has 0 saturated heterocycles. The highest BCUT2D eigenvalue weighted by atomic mass is 79.9. The molecule has 0 aliphatic rings. The smallest absolute Gasteiger partial charge is 0.305 e. The van der Waals surface area contributed by atoms with Crippen LogP contribution in [0.4, 0.5) is 8.78 Å². The lowest BCUT2D eigenvalue weighted by Crippen LogP contribution is -2.33. The highest BCUT2D eigenvalue weighted by Crippen LogP contribution is 2.17. The van der Waals surface area contributed by atoms with Gasteiger partial charge in [0.15, 0.2) is 11.6 Å². The lowest BCUT2D eigenvalue weighted by molar-refractivity contribution is -0.137. The number of carboxylic acids is 1. The van der Waals surface area contributed by atoms with Gasteiger partial charge in [-0.05, 0) is 28.1 Å². The van der Waals surface area contributed by atoms with Crippen LogP contribution in [-0.4, -0.2) is 33.4 Å². The first-order valence-electron chi connectivity index (χ1n) is 6.66. The van der Waals surface area contributed by atoms with Crippen LogP contribution in [-0.2, 0) is 11.3 Å². The van der Waals surface area contributed by atoms with Gasteiger partial charge in [-0.1, -0.05) is 12.1 Å². The molecule has 5 nitrogen and oxygen atoms in total. The first-order valence-corrected chi connectivity index (χ1v) is 7.45. The average Bonchev–Trinajstić information content (AvgIpc) is 2.93. The Hall–Kier alpha value is -2.22. The van der Waals surface area contributed by atoms with Gasteiger partial charge in [-0.15, -0.1) is 0 Å². The van der Waals surface area contributed by atoms with Gasteiger partial charge >= 0.3 is 5.97 Å². The van der Waals surface area contributed by atoms with Crippen LogP contribution >= 0.6 is 15.9 Å². The lowest BCUT2D eigenvalue weighted by atomic mass is 10.1. The Kier molecular flexibility index (Phi) is 5.49. The van der Waals surface area contributed by atoms with E-state index in [0.717, 1.165) is 11.0 Å². The Morgan fingerprint density at radius 2 is 2.04 bits per heavy atom. The summed E-state index contributed by atoms with van der Waals surface area (Å²) in [5.74, 6) is -3.65. The number of aliphatic carboxylic acids is 1. The van der Waals surface area contributed by atoms with Crippen molar-refractivity contribution in [1.82, 2.24) is 9.88 Å². The van der Waals surface area contributed by atoms with Crippen LogP contribution in [0, 0.1) is 11.6 Å². The minimum absolute atomic E-state index is 0.0191. The predicted molar refractivity (Wildman–Crippen MR) is 81.8 cm³/mol. The number of halogens is 3. The molecule has 1 aromatic carbocycles. The molecule has 2 rings (SSSR count). The van der Waals surface area contributed by atoms with Gasteiger partial charge < -0.3 is 15.0 Å². The highest BCUT2D eigenvalue weighted by molar-refractivity contribution is 9.10. The highest BCUT2D eigenvalue weighted by Gasteiger charge is 2.20. The summed E-state index contributed by atoms with van der Waals surface area (Å²) >= 11 is 3.19. The van der Waals surface area contributed by atoms with E-state index in [9.17, 15) is 18.4 Å². The number of H-pyrrole nitrogens is 1. The molecule has 0 aliphatic carbocycles. The SMILES string of the molecule is O=C(O)CCN(Cc1cccc(F)c1F)C(=O)c1cc(Br)c[nH]1. The van der Waals surface area contributed by atoms with E-state index in [-0.39, 0.29) is 30.8 Å². The predicted octanol–water partition coefficient (Wildman–Crippen LogP) is 3.17. The molecule has 0 saturated carbocycles. The molecule has 122 valence electrons. The summed E-state index contributed by atoms with van der Waals surface area (Å²) in [4.78, 5) is 27.1. The molecule has 23 heavy (non-hydrogen) atoms. The second-order valence-corrected chi connectivity index (χ2v) is 5.73. The van der Waals surface area contributed by atoms with Crippen LogP contribution in [0.2, 0.25) is 0 Å². The molecule has 0 aliphatic heterocycles. The Morgan fingerprint density at radius 3 is 2.65 bits per heavy atom. The number of carbonyl (C=O) groups excluding carboxylic acids is 1. The number of benzene rings is 1. The zero-order valence-corrected chi connectivity index (χ0v) is 13.4. The van der Waals surface area contributed by atoms with Gasteiger partial charge in [0, 0.05) is 29.3 Å². The Morgan fingerprint density at radius 1 is 1.30 bits per heavy atom. The van der Waals surface area contributed by atoms with Gasteiger partial charge in [-0.3, -0.25) is 9.59 Å². The van der Waals surface area contributed by atoms with E-state index in [1.165, 1.54) is 18.2 Å². The summed E-state index contributed by atoms with van der Waals surface area (Å²) in [6, 6.07) is 5.19. The molecule has 0 unspecified atom stereocenters. The summed E-state index contributed by atoms with van der Waals surface area (Å²) < 4.78 is 27.7. The van der Waals surface area contributed by atoms with E-state index in [1.807, 2.05) is 0 Å². The quantitative estimate of drug-likeness (QED) is 0.800. The number of hydrogen-bond acceptors (Lipinski definition) is 2. The molecule has 0 atom stereocenters. The fourth-order valence-electron chi connectivity index (χ4n) is 2.02. The number of rotatable bonds is 6. The number of carboxylic acid groups (broad SMARTS) is 1. The third-order valence-electron chi connectivity index (χ3n) is 3.15. The van der Waals surface area contributed by atoms with Crippen LogP contribution < -0.4 is 0 Å². The summed E-state index contributed by atoms with van der Waals surface area (Å²) in [7, 11) is 0. The number of nitrogens with one attached hydrogen (secondary N) is 1. The number of amides is 1. The van der Waals surface area contributed by atoms with Crippen LogP contribution in [0.25, 0.3) is 0 Å². The maximum absolute atomic E-state index is 13.8. The first-order chi connectivity index (χ1) is 10.9. The number of carbonyl (C=O) groups is 2. The molecular formula is C15H13BrF2N2O3. The third-order valence-corrected chi connectivity index (χ3v) is 3.61. The standard InChI is InChI=1S/C15H13BrF2N2O3/c16-10-6-12(19-7-10)15(23)20(5-4-13(21)22)8-9-2-1-3-11(17)14(9)18/h1-3,6-7,19H,4-5,8H2,(H,21,22). The molecule has 0 radical (unpaired) electrons. The zero-order valence-electron chi connectivity index (χ0n) is 11.9. The van der Waals surface area contributed by atoms with Gasteiger partial charge in [0.25, 0.3) is 5.91 Å². The zero-order chi connectivity index (χ0) is 17.0. The third kappa shape index (κ3) is 4.38. The Balaban J connectivity index is 2.24. The average molecular weight is 387 g/mol. The normalized spacial score (nSPS) is 10.6. The van der Waals surface area contributed by atoms with Crippen LogP contribution in [0.15, 0.2) is 34.9 Å². The molecule has 0 fully saturated rings. The minimum atomic E-state index is -1.09. The summed E-state index contributed by atoms with van der Waals surface area (Å²) in [6.45, 7) is -0.354. The lowest BCUT2D eigenvalue weighted by Gasteiger charge is -2.22. The van der Waals surface area contributed by atoms with Crippen molar-refractivity contribution >= 4 is 27.8 Å². The van der Waals surface area contributed by atoms with Crippen molar-refractivity contribution in [2.45, 2.75) is 13.0 Å². The van der Waals surface area contributed by atoms with Crippen LogP contribution in [0.1, 0.15) is 22.5 Å². The molecule has 1 heterocycles. The summed E-state index contributed by atoms with van der Waals surface area (Å²) in [6.07, 6.45) is 1.25. The van der Waals surface area contributed by atoms with Gasteiger partial charge in [-0.2, -0.15) is 0 Å². The molecule has 0 spiro atoms. The summed E-state index contributed by atoms with van der Waals surface area (Å²) in [5.41, 5.74) is 0.202. The molecule has 8 heteroatoms. The monoisotopic (exact) mass is 386 g/mol. The fourth-order valence-corrected chi connectivity index (χ4v) is 2.36. The van der Waals surface area contributed by atoms with E-state index in [2.05, 4.69) is 20.9 Å². The summed E-state index contributed by atoms with van der Waals surface area (Å²) in [5, 5.41) is 8.80. The maximum atomic E-state index is 13.8. The Labute approximate surface area is 139 Å². The molecular weight excluding hydrogens is 374 g/mol. The van der Waals surface area contributed by atoms with Gasteiger partial charge in [0.05, 0.1) is 6.42 Å². The second-order valence-electron chi connectivity index (χ2n) is 4.81. The van der Waals surface area contributed by atoms with E-state index in [0.29, 0.717) is 4.47 Å².